The maximum Gasteiger partial charge on any atom is 0.233 e. The van der Waals surface area contributed by atoms with Gasteiger partial charge in [-0.2, -0.15) is 0 Å². The van der Waals surface area contributed by atoms with Crippen molar-refractivity contribution in [3.8, 4) is 28.6 Å². The summed E-state index contributed by atoms with van der Waals surface area (Å²) in [4.78, 5) is 13.3. The molecule has 0 spiro atoms. The molecule has 8 heteroatoms. The highest BCUT2D eigenvalue weighted by atomic mass is 32.2. The van der Waals surface area contributed by atoms with Crippen LogP contribution in [0.5, 0.6) is 11.5 Å². The van der Waals surface area contributed by atoms with Crippen LogP contribution in [0, 0.1) is 0 Å². The van der Waals surface area contributed by atoms with Crippen LogP contribution in [0.3, 0.4) is 0 Å². The minimum Gasteiger partial charge on any atom is -0.454 e. The van der Waals surface area contributed by atoms with E-state index >= 15 is 0 Å². The van der Waals surface area contributed by atoms with Crippen molar-refractivity contribution < 1.29 is 14.3 Å². The molecule has 0 saturated heterocycles. The first-order chi connectivity index (χ1) is 17.7. The zero-order chi connectivity index (χ0) is 24.5. The van der Waals surface area contributed by atoms with Crippen molar-refractivity contribution in [3.05, 3.63) is 83.9 Å². The van der Waals surface area contributed by atoms with Gasteiger partial charge in [0.15, 0.2) is 22.5 Å². The number of nitrogens with zero attached hydrogens (tertiary/aromatic N) is 3. The molecule has 3 aromatic carbocycles. The molecular formula is C28H26N4O3S. The minimum atomic E-state index is -0.352. The monoisotopic (exact) mass is 498 g/mol. The molecule has 2 atom stereocenters. The SMILES string of the molecule is CC(Sc1nnc(-c2ccc3c(c2)OCO3)n1-c1ccccc1)C(=O)NC1CCCc2ccccc21. The summed E-state index contributed by atoms with van der Waals surface area (Å²) < 4.78 is 13.0. The molecule has 2 heterocycles. The number of fused-ring (bicyclic) bond motifs is 2. The predicted molar refractivity (Wildman–Crippen MR) is 139 cm³/mol. The average molecular weight is 499 g/mol. The number of ether oxygens (including phenoxy) is 2. The Balaban J connectivity index is 1.27. The summed E-state index contributed by atoms with van der Waals surface area (Å²) in [6.07, 6.45) is 3.09. The van der Waals surface area contributed by atoms with Gasteiger partial charge in [-0.1, -0.05) is 54.2 Å². The Morgan fingerprint density at radius 1 is 1.03 bits per heavy atom. The highest BCUT2D eigenvalue weighted by Gasteiger charge is 2.27. The third-order valence-electron chi connectivity index (χ3n) is 6.62. The van der Waals surface area contributed by atoms with Crippen molar-refractivity contribution in [2.24, 2.45) is 0 Å². The van der Waals surface area contributed by atoms with Crippen LogP contribution in [0.2, 0.25) is 0 Å². The molecule has 182 valence electrons. The van der Waals surface area contributed by atoms with Crippen LogP contribution in [0.25, 0.3) is 17.1 Å². The molecule has 0 radical (unpaired) electrons. The van der Waals surface area contributed by atoms with Crippen molar-refractivity contribution in [1.29, 1.82) is 0 Å². The number of carbonyl (C=O) groups is 1. The second-order valence-corrected chi connectivity index (χ2v) is 10.3. The third kappa shape index (κ3) is 4.33. The van der Waals surface area contributed by atoms with Crippen LogP contribution in [0.1, 0.15) is 36.9 Å². The van der Waals surface area contributed by atoms with E-state index < -0.39 is 0 Å². The second kappa shape index (κ2) is 9.70. The van der Waals surface area contributed by atoms with E-state index in [-0.39, 0.29) is 24.0 Å². The third-order valence-corrected chi connectivity index (χ3v) is 7.66. The molecule has 1 aliphatic carbocycles. The molecule has 36 heavy (non-hydrogen) atoms. The number of rotatable bonds is 6. The Kier molecular flexibility index (Phi) is 6.11. The number of aryl methyl sites for hydroxylation is 1. The molecule has 1 N–H and O–H groups in total. The van der Waals surface area contributed by atoms with Gasteiger partial charge >= 0.3 is 0 Å². The van der Waals surface area contributed by atoms with E-state index in [1.807, 2.05) is 66.1 Å². The lowest BCUT2D eigenvalue weighted by atomic mass is 9.88. The van der Waals surface area contributed by atoms with E-state index in [2.05, 4.69) is 33.7 Å². The van der Waals surface area contributed by atoms with Gasteiger partial charge in [0, 0.05) is 11.3 Å². The summed E-state index contributed by atoms with van der Waals surface area (Å²) in [5.74, 6) is 2.07. The molecule has 1 aromatic heterocycles. The van der Waals surface area contributed by atoms with Crippen molar-refractivity contribution in [2.45, 2.75) is 42.6 Å². The second-order valence-electron chi connectivity index (χ2n) is 8.96. The summed E-state index contributed by atoms with van der Waals surface area (Å²) in [7, 11) is 0. The highest BCUT2D eigenvalue weighted by molar-refractivity contribution is 8.00. The summed E-state index contributed by atoms with van der Waals surface area (Å²) in [5, 5.41) is 12.6. The van der Waals surface area contributed by atoms with Crippen LogP contribution < -0.4 is 14.8 Å². The van der Waals surface area contributed by atoms with Gasteiger partial charge in [-0.15, -0.1) is 10.2 Å². The molecule has 4 aromatic rings. The molecule has 1 amide bonds. The molecule has 1 aliphatic heterocycles. The van der Waals surface area contributed by atoms with E-state index in [1.165, 1.54) is 22.9 Å². The zero-order valence-corrected chi connectivity index (χ0v) is 20.7. The number of hydrogen-bond acceptors (Lipinski definition) is 6. The summed E-state index contributed by atoms with van der Waals surface area (Å²) in [6.45, 7) is 2.13. The molecule has 2 unspecified atom stereocenters. The fraction of sp³-hybridized carbons (Fsp3) is 0.250. The first kappa shape index (κ1) is 22.7. The number of benzene rings is 3. The molecule has 0 bridgehead atoms. The first-order valence-corrected chi connectivity index (χ1v) is 13.0. The summed E-state index contributed by atoms with van der Waals surface area (Å²) >= 11 is 1.41. The maximum atomic E-state index is 13.3. The lowest BCUT2D eigenvalue weighted by molar-refractivity contribution is -0.121. The lowest BCUT2D eigenvalue weighted by Crippen LogP contribution is -2.36. The van der Waals surface area contributed by atoms with Gasteiger partial charge in [-0.25, -0.2) is 0 Å². The Bertz CT molecular complexity index is 1410. The molecular weight excluding hydrogens is 472 g/mol. The Labute approximate surface area is 213 Å². The Morgan fingerprint density at radius 2 is 1.83 bits per heavy atom. The Hall–Kier alpha value is -3.78. The fourth-order valence-electron chi connectivity index (χ4n) is 4.78. The molecule has 7 nitrogen and oxygen atoms in total. The number of carbonyl (C=O) groups excluding carboxylic acids is 1. The van der Waals surface area contributed by atoms with Gasteiger partial charge in [0.05, 0.1) is 11.3 Å². The molecule has 6 rings (SSSR count). The lowest BCUT2D eigenvalue weighted by Gasteiger charge is -2.27. The molecule has 2 aliphatic rings. The van der Waals surface area contributed by atoms with Gasteiger partial charge in [-0.3, -0.25) is 9.36 Å². The van der Waals surface area contributed by atoms with Crippen molar-refractivity contribution in [1.82, 2.24) is 20.1 Å². The van der Waals surface area contributed by atoms with Gasteiger partial charge in [0.25, 0.3) is 0 Å². The van der Waals surface area contributed by atoms with Gasteiger partial charge < -0.3 is 14.8 Å². The topological polar surface area (TPSA) is 78.3 Å². The standard InChI is InChI=1S/C28H26N4O3S/c1-18(27(33)29-23-13-7-9-19-8-5-6-12-22(19)23)36-28-31-30-26(32(28)21-10-3-2-4-11-21)20-14-15-24-25(16-20)35-17-34-24/h2-6,8,10-12,14-16,18,23H,7,9,13,17H2,1H3,(H,29,33). The van der Waals surface area contributed by atoms with Crippen LogP contribution in [-0.4, -0.2) is 32.7 Å². The van der Waals surface area contributed by atoms with E-state index in [1.54, 1.807) is 0 Å². The maximum absolute atomic E-state index is 13.3. The number of aromatic nitrogens is 3. The van der Waals surface area contributed by atoms with E-state index in [9.17, 15) is 4.79 Å². The number of thioether (sulfide) groups is 1. The normalized spacial score (nSPS) is 16.9. The summed E-state index contributed by atoms with van der Waals surface area (Å²) in [6, 6.07) is 24.1. The average Bonchev–Trinajstić information content (AvgIpc) is 3.56. The summed E-state index contributed by atoms with van der Waals surface area (Å²) in [5.41, 5.74) is 4.34. The van der Waals surface area contributed by atoms with Crippen LogP contribution in [0.15, 0.2) is 78.0 Å². The van der Waals surface area contributed by atoms with E-state index in [0.29, 0.717) is 22.5 Å². The highest BCUT2D eigenvalue weighted by Crippen LogP contribution is 2.37. The Morgan fingerprint density at radius 3 is 2.72 bits per heavy atom. The minimum absolute atomic E-state index is 0.00561. The van der Waals surface area contributed by atoms with Crippen molar-refractivity contribution >= 4 is 17.7 Å². The van der Waals surface area contributed by atoms with Crippen LogP contribution in [-0.2, 0) is 11.2 Å². The number of amides is 1. The molecule has 0 saturated carbocycles. The van der Waals surface area contributed by atoms with Gasteiger partial charge in [0.2, 0.25) is 12.7 Å². The smallest absolute Gasteiger partial charge is 0.233 e. The largest absolute Gasteiger partial charge is 0.454 e. The number of hydrogen-bond donors (Lipinski definition) is 1. The predicted octanol–water partition coefficient (Wildman–Crippen LogP) is 5.34. The van der Waals surface area contributed by atoms with E-state index in [4.69, 9.17) is 9.47 Å². The van der Waals surface area contributed by atoms with Gasteiger partial charge in [0.1, 0.15) is 0 Å². The number of nitrogens with one attached hydrogen (secondary N) is 1. The van der Waals surface area contributed by atoms with Gasteiger partial charge in [-0.05, 0) is 67.6 Å². The van der Waals surface area contributed by atoms with Crippen LogP contribution in [0.4, 0.5) is 0 Å². The van der Waals surface area contributed by atoms with Crippen molar-refractivity contribution in [3.63, 3.8) is 0 Å². The van der Waals surface area contributed by atoms with Crippen molar-refractivity contribution in [2.75, 3.05) is 6.79 Å². The fourth-order valence-corrected chi connectivity index (χ4v) is 5.66. The zero-order valence-electron chi connectivity index (χ0n) is 19.9. The number of para-hydroxylation sites is 1. The van der Waals surface area contributed by atoms with E-state index in [0.717, 1.165) is 30.5 Å². The first-order valence-electron chi connectivity index (χ1n) is 12.1. The van der Waals surface area contributed by atoms with Crippen LogP contribution >= 0.6 is 11.8 Å². The quantitative estimate of drug-likeness (QED) is 0.362. The molecule has 0 fully saturated rings.